The molecule has 0 aromatic heterocycles. The summed E-state index contributed by atoms with van der Waals surface area (Å²) in [6, 6.07) is 7.94. The molecule has 20 heavy (non-hydrogen) atoms. The summed E-state index contributed by atoms with van der Waals surface area (Å²) in [4.78, 5) is 13.9. The minimum atomic E-state index is -0.0441. The van der Waals surface area contributed by atoms with E-state index in [1.54, 1.807) is 0 Å². The zero-order chi connectivity index (χ0) is 14.5. The van der Waals surface area contributed by atoms with Gasteiger partial charge in [0.15, 0.2) is 0 Å². The number of piperidine rings is 1. The summed E-state index contributed by atoms with van der Waals surface area (Å²) in [5.41, 5.74) is 1.25. The first-order valence-corrected chi connectivity index (χ1v) is 7.50. The van der Waals surface area contributed by atoms with Crippen molar-refractivity contribution in [2.45, 2.75) is 32.6 Å². The molecule has 0 saturated carbocycles. The molecule has 0 bridgehead atoms. The smallest absolute Gasteiger partial charge is 0.298 e. The molecule has 0 N–H and O–H groups in total. The summed E-state index contributed by atoms with van der Waals surface area (Å²) in [7, 11) is 0. The van der Waals surface area contributed by atoms with Crippen LogP contribution in [0, 0.1) is 17.8 Å². The van der Waals surface area contributed by atoms with E-state index in [1.807, 2.05) is 30.9 Å². The first kappa shape index (κ1) is 14.9. The molecule has 1 aromatic rings. The Bertz CT molecular complexity index is 524. The van der Waals surface area contributed by atoms with Gasteiger partial charge in [0.05, 0.1) is 0 Å². The van der Waals surface area contributed by atoms with Gasteiger partial charge >= 0.3 is 0 Å². The topological polar surface area (TPSA) is 20.3 Å². The number of benzene rings is 1. The molecule has 106 valence electrons. The van der Waals surface area contributed by atoms with Crippen LogP contribution in [0.5, 0.6) is 0 Å². The van der Waals surface area contributed by atoms with Crippen LogP contribution in [0.3, 0.4) is 0 Å². The Balaban J connectivity index is 2.04. The van der Waals surface area contributed by atoms with Gasteiger partial charge in [-0.15, -0.1) is 0 Å². The Morgan fingerprint density at radius 2 is 2.05 bits per heavy atom. The normalized spacial score (nSPS) is 18.6. The van der Waals surface area contributed by atoms with E-state index < -0.39 is 0 Å². The molecule has 3 heteroatoms. The van der Waals surface area contributed by atoms with Gasteiger partial charge in [-0.2, -0.15) is 0 Å². The Morgan fingerprint density at radius 3 is 2.70 bits per heavy atom. The molecule has 1 atom stereocenters. The van der Waals surface area contributed by atoms with Crippen molar-refractivity contribution in [3.63, 3.8) is 0 Å². The van der Waals surface area contributed by atoms with Crippen molar-refractivity contribution in [3.05, 3.63) is 34.9 Å². The highest BCUT2D eigenvalue weighted by molar-refractivity contribution is 6.30. The highest BCUT2D eigenvalue weighted by Crippen LogP contribution is 2.27. The maximum absolute atomic E-state index is 12.1. The maximum atomic E-state index is 12.1. The number of likely N-dealkylation sites (tertiary alicyclic amines) is 1. The van der Waals surface area contributed by atoms with Gasteiger partial charge in [-0.05, 0) is 36.5 Å². The SMILES string of the molecule is CC(C)C#CC(=O)N1CCCC(c2ccc(Cl)cc2)C1. The van der Waals surface area contributed by atoms with Crippen molar-refractivity contribution >= 4 is 17.5 Å². The van der Waals surface area contributed by atoms with E-state index in [1.165, 1.54) is 5.56 Å². The number of rotatable bonds is 1. The van der Waals surface area contributed by atoms with Crippen LogP contribution in [0.2, 0.25) is 5.02 Å². The molecular formula is C17H20ClNO. The molecule has 2 nitrogen and oxygen atoms in total. The average Bonchev–Trinajstić information content (AvgIpc) is 2.45. The molecule has 0 aliphatic carbocycles. The molecule has 2 rings (SSSR count). The van der Waals surface area contributed by atoms with E-state index in [0.29, 0.717) is 5.92 Å². The van der Waals surface area contributed by atoms with Gasteiger partial charge in [0, 0.05) is 29.9 Å². The first-order valence-electron chi connectivity index (χ1n) is 7.12. The highest BCUT2D eigenvalue weighted by atomic mass is 35.5. The molecule has 1 fully saturated rings. The number of halogens is 1. The number of hydrogen-bond acceptors (Lipinski definition) is 1. The van der Waals surface area contributed by atoms with E-state index in [2.05, 4.69) is 24.0 Å². The van der Waals surface area contributed by atoms with Crippen LogP contribution in [0.4, 0.5) is 0 Å². The van der Waals surface area contributed by atoms with Crippen molar-refractivity contribution < 1.29 is 4.79 Å². The number of carbonyl (C=O) groups is 1. The Labute approximate surface area is 126 Å². The number of nitrogens with zero attached hydrogens (tertiary/aromatic N) is 1. The third-order valence-corrected chi connectivity index (χ3v) is 3.77. The average molecular weight is 290 g/mol. The van der Waals surface area contributed by atoms with E-state index in [9.17, 15) is 4.79 Å². The fourth-order valence-electron chi connectivity index (χ4n) is 2.45. The quantitative estimate of drug-likeness (QED) is 0.722. The predicted molar refractivity (Wildman–Crippen MR) is 82.6 cm³/mol. The lowest BCUT2D eigenvalue weighted by atomic mass is 9.90. The zero-order valence-corrected chi connectivity index (χ0v) is 12.8. The second kappa shape index (κ2) is 6.81. The minimum absolute atomic E-state index is 0.0441. The largest absolute Gasteiger partial charge is 0.331 e. The van der Waals surface area contributed by atoms with E-state index in [4.69, 9.17) is 11.6 Å². The van der Waals surface area contributed by atoms with Crippen molar-refractivity contribution in [2.24, 2.45) is 5.92 Å². The second-order valence-electron chi connectivity index (χ2n) is 5.57. The Kier molecular flexibility index (Phi) is 5.09. The van der Waals surface area contributed by atoms with Crippen LogP contribution in [-0.4, -0.2) is 23.9 Å². The molecule has 1 saturated heterocycles. The molecule has 1 aliphatic rings. The summed E-state index contributed by atoms with van der Waals surface area (Å²) < 4.78 is 0. The molecule has 1 heterocycles. The van der Waals surface area contributed by atoms with Gasteiger partial charge in [-0.3, -0.25) is 4.79 Å². The zero-order valence-electron chi connectivity index (χ0n) is 12.0. The van der Waals surface area contributed by atoms with E-state index >= 15 is 0 Å². The van der Waals surface area contributed by atoms with Crippen LogP contribution in [0.1, 0.15) is 38.2 Å². The molecule has 1 amide bonds. The van der Waals surface area contributed by atoms with Gasteiger partial charge in [0.25, 0.3) is 5.91 Å². The Hall–Kier alpha value is -1.46. The van der Waals surface area contributed by atoms with E-state index in [-0.39, 0.29) is 11.8 Å². The van der Waals surface area contributed by atoms with Gasteiger partial charge in [-0.1, -0.05) is 43.5 Å². The molecule has 1 aliphatic heterocycles. The van der Waals surface area contributed by atoms with Crippen molar-refractivity contribution in [1.82, 2.24) is 4.90 Å². The van der Waals surface area contributed by atoms with Gasteiger partial charge in [0.2, 0.25) is 0 Å². The second-order valence-corrected chi connectivity index (χ2v) is 6.00. The Morgan fingerprint density at radius 1 is 1.35 bits per heavy atom. The third kappa shape index (κ3) is 4.02. The van der Waals surface area contributed by atoms with Crippen LogP contribution in [-0.2, 0) is 4.79 Å². The van der Waals surface area contributed by atoms with Gasteiger partial charge in [0.1, 0.15) is 0 Å². The predicted octanol–water partition coefficient (Wildman–Crippen LogP) is 3.71. The van der Waals surface area contributed by atoms with E-state index in [0.717, 1.165) is 31.0 Å². The van der Waals surface area contributed by atoms with Crippen LogP contribution >= 0.6 is 11.6 Å². The van der Waals surface area contributed by atoms with Crippen molar-refractivity contribution in [2.75, 3.05) is 13.1 Å². The summed E-state index contributed by atoms with van der Waals surface area (Å²) in [6.45, 7) is 5.56. The number of amides is 1. The summed E-state index contributed by atoms with van der Waals surface area (Å²) >= 11 is 5.92. The van der Waals surface area contributed by atoms with Crippen LogP contribution in [0.15, 0.2) is 24.3 Å². The standard InChI is InChI=1S/C17H20ClNO/c1-13(2)5-10-17(20)19-11-3-4-15(12-19)14-6-8-16(18)9-7-14/h6-9,13,15H,3-4,11-12H2,1-2H3. The van der Waals surface area contributed by atoms with Crippen molar-refractivity contribution in [3.8, 4) is 11.8 Å². The first-order chi connectivity index (χ1) is 9.56. The fraction of sp³-hybridized carbons (Fsp3) is 0.471. The lowest BCUT2D eigenvalue weighted by Gasteiger charge is -2.31. The van der Waals surface area contributed by atoms with Crippen LogP contribution < -0.4 is 0 Å². The minimum Gasteiger partial charge on any atom is -0.331 e. The molecule has 0 radical (unpaired) electrons. The monoisotopic (exact) mass is 289 g/mol. The summed E-state index contributed by atoms with van der Waals surface area (Å²) in [6.07, 6.45) is 2.14. The number of carbonyl (C=O) groups excluding carboxylic acids is 1. The summed E-state index contributed by atoms with van der Waals surface area (Å²) in [5.74, 6) is 6.28. The summed E-state index contributed by atoms with van der Waals surface area (Å²) in [5, 5.41) is 0.750. The third-order valence-electron chi connectivity index (χ3n) is 3.52. The lowest BCUT2D eigenvalue weighted by Crippen LogP contribution is -2.38. The fourth-order valence-corrected chi connectivity index (χ4v) is 2.58. The number of hydrogen-bond donors (Lipinski definition) is 0. The van der Waals surface area contributed by atoms with Gasteiger partial charge < -0.3 is 4.90 Å². The maximum Gasteiger partial charge on any atom is 0.298 e. The van der Waals surface area contributed by atoms with Crippen LogP contribution in [0.25, 0.3) is 0 Å². The highest BCUT2D eigenvalue weighted by Gasteiger charge is 2.23. The van der Waals surface area contributed by atoms with Crippen molar-refractivity contribution in [1.29, 1.82) is 0 Å². The molecule has 1 aromatic carbocycles. The molecule has 1 unspecified atom stereocenters. The van der Waals surface area contributed by atoms with Gasteiger partial charge in [-0.25, -0.2) is 0 Å². The molecular weight excluding hydrogens is 270 g/mol. The lowest BCUT2D eigenvalue weighted by molar-refractivity contribution is -0.126. The molecule has 0 spiro atoms.